The Hall–Kier alpha value is -0.510. The lowest BCUT2D eigenvalue weighted by molar-refractivity contribution is 0.576. The fourth-order valence-electron chi connectivity index (χ4n) is 1.92. The van der Waals surface area contributed by atoms with Crippen LogP contribution < -0.4 is 5.32 Å². The summed E-state index contributed by atoms with van der Waals surface area (Å²) in [5.74, 6) is 0. The Morgan fingerprint density at radius 1 is 1.05 bits per heavy atom. The minimum Gasteiger partial charge on any atom is -0.311 e. The van der Waals surface area contributed by atoms with Gasteiger partial charge in [-0.15, -0.1) is 0 Å². The number of aromatic nitrogens is 1. The van der Waals surface area contributed by atoms with Crippen LogP contribution in [0, 0.1) is 0 Å². The Kier molecular flexibility index (Phi) is 5.53. The molecule has 0 radical (unpaired) electrons. The Balaban J connectivity index is 2.26. The van der Waals surface area contributed by atoms with Crippen molar-refractivity contribution in [2.75, 3.05) is 7.05 Å². The molecule has 0 fully saturated rings. The zero-order valence-electron chi connectivity index (χ0n) is 10.6. The maximum Gasteiger partial charge on any atom is 0.0763 e. The maximum atomic E-state index is 6.19. The van der Waals surface area contributed by atoms with Crippen molar-refractivity contribution in [1.29, 1.82) is 0 Å². The SMILES string of the molecule is CNC(Cc1ccc(Cl)c(Cl)c1)c1ncc(Cl)cc1Cl. The highest BCUT2D eigenvalue weighted by Crippen LogP contribution is 2.28. The van der Waals surface area contributed by atoms with Crippen LogP contribution in [0.15, 0.2) is 30.5 Å². The number of pyridine rings is 1. The van der Waals surface area contributed by atoms with E-state index >= 15 is 0 Å². The number of benzene rings is 1. The first-order valence-corrected chi connectivity index (χ1v) is 7.44. The molecule has 1 heterocycles. The third kappa shape index (κ3) is 3.78. The molecule has 1 aromatic carbocycles. The predicted octanol–water partition coefficient (Wildman–Crippen LogP) is 5.20. The molecule has 0 aliphatic rings. The molecule has 0 bridgehead atoms. The number of rotatable bonds is 4. The summed E-state index contributed by atoms with van der Waals surface area (Å²) >= 11 is 24.0. The van der Waals surface area contributed by atoms with E-state index < -0.39 is 0 Å². The monoisotopic (exact) mass is 348 g/mol. The molecule has 1 unspecified atom stereocenters. The first-order valence-electron chi connectivity index (χ1n) is 5.93. The summed E-state index contributed by atoms with van der Waals surface area (Å²) < 4.78 is 0. The van der Waals surface area contributed by atoms with Gasteiger partial charge in [-0.1, -0.05) is 52.5 Å². The zero-order chi connectivity index (χ0) is 14.7. The van der Waals surface area contributed by atoms with Crippen LogP contribution in [-0.4, -0.2) is 12.0 Å². The molecule has 2 aromatic rings. The topological polar surface area (TPSA) is 24.9 Å². The maximum absolute atomic E-state index is 6.19. The van der Waals surface area contributed by atoms with E-state index in [-0.39, 0.29) is 6.04 Å². The fraction of sp³-hybridized carbons (Fsp3) is 0.214. The highest BCUT2D eigenvalue weighted by atomic mass is 35.5. The van der Waals surface area contributed by atoms with Gasteiger partial charge in [0.05, 0.1) is 31.8 Å². The average Bonchev–Trinajstić information content (AvgIpc) is 2.41. The van der Waals surface area contributed by atoms with Crippen molar-refractivity contribution in [2.45, 2.75) is 12.5 Å². The van der Waals surface area contributed by atoms with E-state index in [2.05, 4.69) is 10.3 Å². The zero-order valence-corrected chi connectivity index (χ0v) is 13.7. The number of likely N-dealkylation sites (N-methyl/N-ethyl adjacent to an activating group) is 1. The largest absolute Gasteiger partial charge is 0.311 e. The summed E-state index contributed by atoms with van der Waals surface area (Å²) in [5, 5.41) is 5.33. The van der Waals surface area contributed by atoms with E-state index in [1.165, 1.54) is 0 Å². The standard InChI is InChI=1S/C14H12Cl4N2/c1-19-13(14-12(18)6-9(15)7-20-14)5-8-2-3-10(16)11(17)4-8/h2-4,6-7,13,19H,5H2,1H3. The van der Waals surface area contributed by atoms with Crippen molar-refractivity contribution in [3.63, 3.8) is 0 Å². The number of hydrogen-bond acceptors (Lipinski definition) is 2. The predicted molar refractivity (Wildman–Crippen MR) is 86.2 cm³/mol. The minimum atomic E-state index is -0.0305. The summed E-state index contributed by atoms with van der Waals surface area (Å²) in [6, 6.07) is 7.21. The van der Waals surface area contributed by atoms with Gasteiger partial charge in [-0.2, -0.15) is 0 Å². The smallest absolute Gasteiger partial charge is 0.0763 e. The van der Waals surface area contributed by atoms with Crippen LogP contribution in [0.1, 0.15) is 17.3 Å². The van der Waals surface area contributed by atoms with Gasteiger partial charge in [0.2, 0.25) is 0 Å². The van der Waals surface area contributed by atoms with E-state index in [1.807, 2.05) is 19.2 Å². The lowest BCUT2D eigenvalue weighted by atomic mass is 10.0. The minimum absolute atomic E-state index is 0.0305. The normalized spacial score (nSPS) is 12.4. The molecule has 0 amide bonds. The molecule has 0 aliphatic heterocycles. The van der Waals surface area contributed by atoms with E-state index in [9.17, 15) is 0 Å². The Morgan fingerprint density at radius 2 is 1.80 bits per heavy atom. The van der Waals surface area contributed by atoms with Crippen LogP contribution in [-0.2, 0) is 6.42 Å². The molecule has 0 saturated heterocycles. The lowest BCUT2D eigenvalue weighted by Crippen LogP contribution is -2.20. The molecule has 0 saturated carbocycles. The van der Waals surface area contributed by atoms with Gasteiger partial charge >= 0.3 is 0 Å². The van der Waals surface area contributed by atoms with Crippen molar-refractivity contribution in [3.05, 3.63) is 61.8 Å². The molecule has 6 heteroatoms. The Bertz CT molecular complexity index is 616. The number of halogens is 4. The van der Waals surface area contributed by atoms with E-state index in [0.717, 1.165) is 11.3 Å². The molecule has 1 aromatic heterocycles. The molecule has 2 rings (SSSR count). The molecular formula is C14H12Cl4N2. The molecule has 0 aliphatic carbocycles. The van der Waals surface area contributed by atoms with Gasteiger partial charge in [0.1, 0.15) is 0 Å². The third-order valence-electron chi connectivity index (χ3n) is 2.94. The first kappa shape index (κ1) is 15.9. The molecule has 2 nitrogen and oxygen atoms in total. The van der Waals surface area contributed by atoms with Gasteiger partial charge in [0.15, 0.2) is 0 Å². The van der Waals surface area contributed by atoms with Gasteiger partial charge < -0.3 is 5.32 Å². The van der Waals surface area contributed by atoms with Gasteiger partial charge in [0, 0.05) is 6.20 Å². The molecule has 1 N–H and O–H groups in total. The highest BCUT2D eigenvalue weighted by molar-refractivity contribution is 6.42. The van der Waals surface area contributed by atoms with Gasteiger partial charge in [-0.25, -0.2) is 0 Å². The van der Waals surface area contributed by atoms with E-state index in [1.54, 1.807) is 18.3 Å². The average molecular weight is 350 g/mol. The second-order valence-corrected chi connectivity index (χ2v) is 5.97. The number of hydrogen-bond donors (Lipinski definition) is 1. The van der Waals surface area contributed by atoms with Crippen LogP contribution in [0.2, 0.25) is 20.1 Å². The van der Waals surface area contributed by atoms with Crippen LogP contribution in [0.4, 0.5) is 0 Å². The number of nitrogens with one attached hydrogen (secondary N) is 1. The lowest BCUT2D eigenvalue weighted by Gasteiger charge is -2.17. The summed E-state index contributed by atoms with van der Waals surface area (Å²) in [6.07, 6.45) is 2.28. The summed E-state index contributed by atoms with van der Waals surface area (Å²) in [6.45, 7) is 0. The first-order chi connectivity index (χ1) is 9.51. The van der Waals surface area contributed by atoms with Crippen molar-refractivity contribution in [3.8, 4) is 0 Å². The van der Waals surface area contributed by atoms with Crippen LogP contribution in [0.25, 0.3) is 0 Å². The second-order valence-electron chi connectivity index (χ2n) is 4.31. The number of nitrogens with zero attached hydrogens (tertiary/aromatic N) is 1. The van der Waals surface area contributed by atoms with Gasteiger partial charge in [-0.3, -0.25) is 4.98 Å². The van der Waals surface area contributed by atoms with Crippen LogP contribution in [0.3, 0.4) is 0 Å². The van der Waals surface area contributed by atoms with Crippen molar-refractivity contribution < 1.29 is 0 Å². The summed E-state index contributed by atoms with van der Waals surface area (Å²) in [4.78, 5) is 4.30. The highest BCUT2D eigenvalue weighted by Gasteiger charge is 2.16. The summed E-state index contributed by atoms with van der Waals surface area (Å²) in [5.41, 5.74) is 1.80. The van der Waals surface area contributed by atoms with Crippen molar-refractivity contribution in [1.82, 2.24) is 10.3 Å². The quantitative estimate of drug-likeness (QED) is 0.820. The second kappa shape index (κ2) is 6.97. The summed E-state index contributed by atoms with van der Waals surface area (Å²) in [7, 11) is 1.86. The Labute approximate surface area is 138 Å². The third-order valence-corrected chi connectivity index (χ3v) is 4.19. The van der Waals surface area contributed by atoms with E-state index in [4.69, 9.17) is 46.4 Å². The fourth-order valence-corrected chi connectivity index (χ4v) is 2.75. The van der Waals surface area contributed by atoms with Crippen LogP contribution >= 0.6 is 46.4 Å². The Morgan fingerprint density at radius 3 is 2.40 bits per heavy atom. The van der Waals surface area contributed by atoms with Gasteiger partial charge in [0.25, 0.3) is 0 Å². The molecule has 20 heavy (non-hydrogen) atoms. The van der Waals surface area contributed by atoms with Crippen molar-refractivity contribution in [2.24, 2.45) is 0 Å². The molecule has 1 atom stereocenters. The van der Waals surface area contributed by atoms with Gasteiger partial charge in [-0.05, 0) is 37.2 Å². The van der Waals surface area contributed by atoms with E-state index in [0.29, 0.717) is 26.5 Å². The molecular weight excluding hydrogens is 338 g/mol. The molecule has 0 spiro atoms. The van der Waals surface area contributed by atoms with Crippen LogP contribution in [0.5, 0.6) is 0 Å². The van der Waals surface area contributed by atoms with Crippen molar-refractivity contribution >= 4 is 46.4 Å². The molecule has 106 valence electrons.